The number of nitrogens with two attached hydrogens (primary N) is 1. The van der Waals surface area contributed by atoms with Gasteiger partial charge in [-0.15, -0.1) is 0 Å². The zero-order valence-corrected chi connectivity index (χ0v) is 12.5. The first-order chi connectivity index (χ1) is 8.52. The molecule has 0 saturated heterocycles. The molecule has 2 unspecified atom stereocenters. The van der Waals surface area contributed by atoms with Crippen LogP contribution in [0.15, 0.2) is 24.3 Å². The first kappa shape index (κ1) is 15.5. The molecule has 0 aliphatic carbocycles. The Hall–Kier alpha value is -0.570. The summed E-state index contributed by atoms with van der Waals surface area (Å²) < 4.78 is 0. The maximum Gasteiger partial charge on any atom is 0.0406 e. The molecule has 0 amide bonds. The summed E-state index contributed by atoms with van der Waals surface area (Å²) in [5.41, 5.74) is 7.35. The van der Waals surface area contributed by atoms with Crippen molar-refractivity contribution in [2.24, 2.45) is 11.7 Å². The summed E-state index contributed by atoms with van der Waals surface area (Å²) in [5, 5.41) is 0.764. The van der Waals surface area contributed by atoms with E-state index in [1.165, 1.54) is 6.42 Å². The standard InChI is InChI=1S/C15H25ClN2/c1-4-12(2)11-18(3)10-9-15(17)13-5-7-14(16)8-6-13/h5-8,12,15H,4,9-11,17H2,1-3H3. The first-order valence-corrected chi connectivity index (χ1v) is 7.10. The quantitative estimate of drug-likeness (QED) is 0.817. The van der Waals surface area contributed by atoms with Crippen LogP contribution in [0.5, 0.6) is 0 Å². The molecule has 0 spiro atoms. The van der Waals surface area contributed by atoms with E-state index in [9.17, 15) is 0 Å². The smallest absolute Gasteiger partial charge is 0.0406 e. The Balaban J connectivity index is 2.36. The van der Waals surface area contributed by atoms with Crippen molar-refractivity contribution in [2.75, 3.05) is 20.1 Å². The Bertz CT molecular complexity index is 337. The number of nitrogens with zero attached hydrogens (tertiary/aromatic N) is 1. The number of benzene rings is 1. The number of hydrogen-bond donors (Lipinski definition) is 1. The van der Waals surface area contributed by atoms with Gasteiger partial charge in [-0.3, -0.25) is 0 Å². The van der Waals surface area contributed by atoms with Gasteiger partial charge in [-0.25, -0.2) is 0 Å². The molecule has 102 valence electrons. The molecule has 3 heteroatoms. The molecule has 0 heterocycles. The van der Waals surface area contributed by atoms with Crippen LogP contribution in [0.1, 0.15) is 38.3 Å². The lowest BCUT2D eigenvalue weighted by Crippen LogP contribution is -2.27. The van der Waals surface area contributed by atoms with Crippen molar-refractivity contribution in [3.8, 4) is 0 Å². The van der Waals surface area contributed by atoms with Crippen molar-refractivity contribution >= 4 is 11.6 Å². The summed E-state index contributed by atoms with van der Waals surface area (Å²) in [6, 6.07) is 7.93. The van der Waals surface area contributed by atoms with Crippen molar-refractivity contribution in [1.82, 2.24) is 4.90 Å². The molecule has 0 aliphatic heterocycles. The highest BCUT2D eigenvalue weighted by molar-refractivity contribution is 6.30. The summed E-state index contributed by atoms with van der Waals surface area (Å²) in [6.45, 7) is 6.70. The minimum Gasteiger partial charge on any atom is -0.324 e. The third-order valence-electron chi connectivity index (χ3n) is 3.44. The Kier molecular flexibility index (Phi) is 6.69. The number of hydrogen-bond acceptors (Lipinski definition) is 2. The zero-order valence-electron chi connectivity index (χ0n) is 11.7. The monoisotopic (exact) mass is 268 g/mol. The normalized spacial score (nSPS) is 14.8. The molecule has 0 aromatic heterocycles. The van der Waals surface area contributed by atoms with Crippen LogP contribution in [0.3, 0.4) is 0 Å². The molecule has 0 radical (unpaired) electrons. The average Bonchev–Trinajstić information content (AvgIpc) is 2.36. The second-order valence-electron chi connectivity index (χ2n) is 5.22. The minimum atomic E-state index is 0.0987. The largest absolute Gasteiger partial charge is 0.324 e. The van der Waals surface area contributed by atoms with Gasteiger partial charge in [-0.2, -0.15) is 0 Å². The van der Waals surface area contributed by atoms with E-state index in [2.05, 4.69) is 25.8 Å². The molecule has 0 aliphatic rings. The van der Waals surface area contributed by atoms with E-state index in [1.807, 2.05) is 24.3 Å². The van der Waals surface area contributed by atoms with Gasteiger partial charge in [0.25, 0.3) is 0 Å². The van der Waals surface area contributed by atoms with Crippen molar-refractivity contribution in [1.29, 1.82) is 0 Å². The Morgan fingerprint density at radius 3 is 2.44 bits per heavy atom. The summed E-state index contributed by atoms with van der Waals surface area (Å²) in [5.74, 6) is 0.752. The highest BCUT2D eigenvalue weighted by atomic mass is 35.5. The molecule has 1 rings (SSSR count). The van der Waals surface area contributed by atoms with Crippen molar-refractivity contribution in [3.05, 3.63) is 34.9 Å². The SMILES string of the molecule is CCC(C)CN(C)CCC(N)c1ccc(Cl)cc1. The van der Waals surface area contributed by atoms with E-state index >= 15 is 0 Å². The predicted octanol–water partition coefficient (Wildman–Crippen LogP) is 3.71. The highest BCUT2D eigenvalue weighted by Crippen LogP contribution is 2.17. The fraction of sp³-hybridized carbons (Fsp3) is 0.600. The lowest BCUT2D eigenvalue weighted by molar-refractivity contribution is 0.272. The van der Waals surface area contributed by atoms with Crippen LogP contribution >= 0.6 is 11.6 Å². The van der Waals surface area contributed by atoms with Gasteiger partial charge >= 0.3 is 0 Å². The molecule has 0 bridgehead atoms. The van der Waals surface area contributed by atoms with Gasteiger partial charge in [0, 0.05) is 17.6 Å². The van der Waals surface area contributed by atoms with E-state index in [0.717, 1.165) is 36.0 Å². The lowest BCUT2D eigenvalue weighted by Gasteiger charge is -2.22. The molecular formula is C15H25ClN2. The molecular weight excluding hydrogens is 244 g/mol. The minimum absolute atomic E-state index is 0.0987. The highest BCUT2D eigenvalue weighted by Gasteiger charge is 2.09. The van der Waals surface area contributed by atoms with E-state index in [4.69, 9.17) is 17.3 Å². The van der Waals surface area contributed by atoms with Crippen molar-refractivity contribution in [3.63, 3.8) is 0 Å². The molecule has 2 N–H and O–H groups in total. The van der Waals surface area contributed by atoms with Crippen molar-refractivity contribution in [2.45, 2.75) is 32.7 Å². The maximum absolute atomic E-state index is 6.19. The van der Waals surface area contributed by atoms with Crippen LogP contribution in [-0.2, 0) is 0 Å². The fourth-order valence-electron chi connectivity index (χ4n) is 1.99. The Morgan fingerprint density at radius 1 is 1.28 bits per heavy atom. The first-order valence-electron chi connectivity index (χ1n) is 6.72. The van der Waals surface area contributed by atoms with Gasteiger partial charge in [0.05, 0.1) is 0 Å². The van der Waals surface area contributed by atoms with Crippen LogP contribution in [-0.4, -0.2) is 25.0 Å². The molecule has 0 saturated carbocycles. The third-order valence-corrected chi connectivity index (χ3v) is 3.69. The summed E-state index contributed by atoms with van der Waals surface area (Å²) >= 11 is 5.87. The molecule has 1 aromatic carbocycles. The van der Waals surface area contributed by atoms with Gasteiger partial charge < -0.3 is 10.6 Å². The summed E-state index contributed by atoms with van der Waals surface area (Å²) in [4.78, 5) is 2.37. The average molecular weight is 269 g/mol. The van der Waals surface area contributed by atoms with Gasteiger partial charge in [0.2, 0.25) is 0 Å². The molecule has 2 nitrogen and oxygen atoms in total. The van der Waals surface area contributed by atoms with E-state index in [1.54, 1.807) is 0 Å². The Morgan fingerprint density at radius 2 is 1.89 bits per heavy atom. The van der Waals surface area contributed by atoms with Gasteiger partial charge in [0.15, 0.2) is 0 Å². The van der Waals surface area contributed by atoms with Crippen LogP contribution in [0.4, 0.5) is 0 Å². The van der Waals surface area contributed by atoms with Crippen molar-refractivity contribution < 1.29 is 0 Å². The molecule has 1 aromatic rings. The maximum atomic E-state index is 6.19. The fourth-order valence-corrected chi connectivity index (χ4v) is 2.11. The third kappa shape index (κ3) is 5.38. The van der Waals surface area contributed by atoms with Crippen LogP contribution in [0, 0.1) is 5.92 Å². The zero-order chi connectivity index (χ0) is 13.5. The summed E-state index contributed by atoms with van der Waals surface area (Å²) in [7, 11) is 2.17. The molecule has 18 heavy (non-hydrogen) atoms. The lowest BCUT2D eigenvalue weighted by atomic mass is 10.0. The molecule has 2 atom stereocenters. The molecule has 0 fully saturated rings. The number of rotatable bonds is 7. The van der Waals surface area contributed by atoms with E-state index < -0.39 is 0 Å². The predicted molar refractivity (Wildman–Crippen MR) is 79.9 cm³/mol. The van der Waals surface area contributed by atoms with Gasteiger partial charge in [0.1, 0.15) is 0 Å². The second-order valence-corrected chi connectivity index (χ2v) is 5.66. The summed E-state index contributed by atoms with van der Waals surface area (Å²) in [6.07, 6.45) is 2.21. The van der Waals surface area contributed by atoms with Gasteiger partial charge in [-0.05, 0) is 43.6 Å². The van der Waals surface area contributed by atoms with E-state index in [0.29, 0.717) is 0 Å². The topological polar surface area (TPSA) is 29.3 Å². The van der Waals surface area contributed by atoms with E-state index in [-0.39, 0.29) is 6.04 Å². The van der Waals surface area contributed by atoms with Crippen LogP contribution in [0.25, 0.3) is 0 Å². The van der Waals surface area contributed by atoms with Crippen LogP contribution < -0.4 is 5.73 Å². The van der Waals surface area contributed by atoms with Crippen LogP contribution in [0.2, 0.25) is 5.02 Å². The second kappa shape index (κ2) is 7.78. The Labute approximate surface area is 116 Å². The van der Waals surface area contributed by atoms with Gasteiger partial charge in [-0.1, -0.05) is 44.0 Å². The number of halogens is 1.